The van der Waals surface area contributed by atoms with Gasteiger partial charge in [0, 0.05) is 11.9 Å². The van der Waals surface area contributed by atoms with E-state index in [1.165, 1.54) is 0 Å². The molecule has 2 aromatic carbocycles. The molecule has 0 aliphatic heterocycles. The van der Waals surface area contributed by atoms with Gasteiger partial charge in [0.2, 0.25) is 0 Å². The van der Waals surface area contributed by atoms with E-state index in [0.717, 1.165) is 59.3 Å². The molecule has 222 valence electrons. The molecule has 3 rings (SSSR count). The van der Waals surface area contributed by atoms with Crippen LogP contribution < -0.4 is 10.6 Å². The molecule has 0 aliphatic rings. The van der Waals surface area contributed by atoms with Crippen molar-refractivity contribution in [3.63, 3.8) is 0 Å². The number of aromatic nitrogens is 1. The molecule has 1 aromatic heterocycles. The van der Waals surface area contributed by atoms with E-state index in [-0.39, 0.29) is 5.56 Å². The average Bonchev–Trinajstić information content (AvgIpc) is 2.83. The van der Waals surface area contributed by atoms with Crippen LogP contribution in [0, 0.1) is 20.8 Å². The number of carbonyl (C=O) groups is 2. The van der Waals surface area contributed by atoms with Crippen LogP contribution in [0.1, 0.15) is 45.1 Å². The number of halogens is 9. The number of aryl methyl sites for hydroxylation is 3. The van der Waals surface area contributed by atoms with Crippen LogP contribution in [0.3, 0.4) is 0 Å². The minimum absolute atomic E-state index is 0.00435. The van der Waals surface area contributed by atoms with Crippen LogP contribution in [0.15, 0.2) is 54.7 Å². The van der Waals surface area contributed by atoms with Crippen LogP contribution >= 0.6 is 0 Å². The Morgan fingerprint density at radius 2 is 1.34 bits per heavy atom. The summed E-state index contributed by atoms with van der Waals surface area (Å²) in [7, 11) is 0. The molecule has 0 saturated carbocycles. The molecule has 15 heteroatoms. The fraction of sp³-hybridized carbons (Fsp3) is 0.269. The van der Waals surface area contributed by atoms with Crippen molar-refractivity contribution < 1.29 is 54.2 Å². The summed E-state index contributed by atoms with van der Waals surface area (Å²) >= 11 is 0. The third kappa shape index (κ3) is 9.11. The molecule has 0 aliphatic carbocycles. The van der Waals surface area contributed by atoms with E-state index in [0.29, 0.717) is 5.69 Å². The minimum Gasteiger partial charge on any atom is -0.475 e. The van der Waals surface area contributed by atoms with Crippen LogP contribution in [0.2, 0.25) is 0 Å². The van der Waals surface area contributed by atoms with Gasteiger partial charge in [0.25, 0.3) is 0 Å². The highest BCUT2D eigenvalue weighted by molar-refractivity contribution is 5.91. The van der Waals surface area contributed by atoms with Gasteiger partial charge in [0.15, 0.2) is 0 Å². The van der Waals surface area contributed by atoms with E-state index < -0.39 is 53.4 Å². The minimum atomic E-state index is -5.08. The molecule has 6 nitrogen and oxygen atoms in total. The Morgan fingerprint density at radius 1 is 0.829 bits per heavy atom. The van der Waals surface area contributed by atoms with Gasteiger partial charge < -0.3 is 15.7 Å². The average molecular weight is 595 g/mol. The van der Waals surface area contributed by atoms with E-state index in [2.05, 4.69) is 15.6 Å². The predicted molar refractivity (Wildman–Crippen MR) is 129 cm³/mol. The zero-order valence-corrected chi connectivity index (χ0v) is 21.4. The van der Waals surface area contributed by atoms with Crippen molar-refractivity contribution in [2.24, 2.45) is 0 Å². The molecule has 0 bridgehead atoms. The number of hydrogen-bond acceptors (Lipinski definition) is 3. The van der Waals surface area contributed by atoms with Crippen molar-refractivity contribution in [3.8, 4) is 0 Å². The van der Waals surface area contributed by atoms with E-state index in [1.54, 1.807) is 13.8 Å². The first-order chi connectivity index (χ1) is 18.7. The number of aliphatic carboxylic acids is 1. The van der Waals surface area contributed by atoms with E-state index >= 15 is 0 Å². The highest BCUT2D eigenvalue weighted by Gasteiger charge is 2.39. The van der Waals surface area contributed by atoms with Crippen molar-refractivity contribution in [1.82, 2.24) is 10.3 Å². The SMILES string of the molecule is Cc1cc(C)c(NC(=O)N[C@@H](c2ccc(C(F)(F)F)cc2)c2ncccc2C(F)(F)F)c(C)c1.O=C(O)C(F)(F)F. The number of anilines is 1. The smallest absolute Gasteiger partial charge is 0.475 e. The summed E-state index contributed by atoms with van der Waals surface area (Å²) in [5.74, 6) is -2.76. The number of carboxylic acid groups (broad SMARTS) is 1. The number of carbonyl (C=O) groups excluding carboxylic acids is 1. The number of rotatable bonds is 4. The third-order valence-corrected chi connectivity index (χ3v) is 5.42. The Balaban J connectivity index is 0.000000745. The quantitative estimate of drug-likeness (QED) is 0.271. The van der Waals surface area contributed by atoms with Crippen molar-refractivity contribution in [2.75, 3.05) is 5.32 Å². The molecule has 0 saturated heterocycles. The number of nitrogens with zero attached hydrogens (tertiary/aromatic N) is 1. The highest BCUT2D eigenvalue weighted by atomic mass is 19.4. The van der Waals surface area contributed by atoms with Crippen LogP contribution in [0.25, 0.3) is 0 Å². The lowest BCUT2D eigenvalue weighted by Crippen LogP contribution is -2.35. The molecular weight excluding hydrogens is 573 g/mol. The van der Waals surface area contributed by atoms with Gasteiger partial charge in [0.1, 0.15) is 0 Å². The molecule has 1 heterocycles. The number of carboxylic acids is 1. The number of benzene rings is 2. The summed E-state index contributed by atoms with van der Waals surface area (Å²) < 4.78 is 112. The Morgan fingerprint density at radius 3 is 1.78 bits per heavy atom. The van der Waals surface area contributed by atoms with Gasteiger partial charge >= 0.3 is 30.5 Å². The number of pyridine rings is 1. The predicted octanol–water partition coefficient (Wildman–Crippen LogP) is 7.59. The van der Waals surface area contributed by atoms with Crippen molar-refractivity contribution >= 4 is 17.7 Å². The lowest BCUT2D eigenvalue weighted by atomic mass is 9.98. The molecule has 3 N–H and O–H groups in total. The van der Waals surface area contributed by atoms with Gasteiger partial charge in [-0.05, 0) is 61.7 Å². The maximum atomic E-state index is 13.7. The van der Waals surface area contributed by atoms with Gasteiger partial charge in [-0.25, -0.2) is 9.59 Å². The molecule has 0 fully saturated rings. The summed E-state index contributed by atoms with van der Waals surface area (Å²) in [6.45, 7) is 5.41. The second-order valence-electron chi connectivity index (χ2n) is 8.66. The first-order valence-corrected chi connectivity index (χ1v) is 11.4. The molecule has 1 atom stereocenters. The third-order valence-electron chi connectivity index (χ3n) is 5.42. The summed E-state index contributed by atoms with van der Waals surface area (Å²) in [4.78, 5) is 25.5. The number of amides is 2. The second kappa shape index (κ2) is 12.5. The lowest BCUT2D eigenvalue weighted by molar-refractivity contribution is -0.192. The molecule has 3 aromatic rings. The monoisotopic (exact) mass is 595 g/mol. The second-order valence-corrected chi connectivity index (χ2v) is 8.66. The zero-order chi connectivity index (χ0) is 31.3. The van der Waals surface area contributed by atoms with E-state index in [9.17, 15) is 44.3 Å². The fourth-order valence-electron chi connectivity index (χ4n) is 3.72. The summed E-state index contributed by atoms with van der Waals surface area (Å²) in [6, 6.07) is 6.77. The van der Waals surface area contributed by atoms with Gasteiger partial charge in [0.05, 0.1) is 22.9 Å². The van der Waals surface area contributed by atoms with Crippen molar-refractivity contribution in [3.05, 3.63) is 93.8 Å². The van der Waals surface area contributed by atoms with Crippen LogP contribution in [0.5, 0.6) is 0 Å². The Labute approximate surface area is 227 Å². The summed E-state index contributed by atoms with van der Waals surface area (Å²) in [5, 5.41) is 12.2. The first kappa shape index (κ1) is 32.9. The standard InChI is InChI=1S/C24H21F6N3O.C2HF3O2/c1-13-11-14(2)19(15(3)12-13)32-22(34)33-20(16-6-8-17(9-7-16)23(25,26)27)21-18(24(28,29)30)5-4-10-31-21;3-2(4,5)1(6)7/h4-12,20H,1-3H3,(H2,32,33,34);(H,6,7)/t20-;/m0./s1. The number of alkyl halides is 9. The van der Waals surface area contributed by atoms with E-state index in [1.807, 2.05) is 19.1 Å². The molecule has 0 radical (unpaired) electrons. The van der Waals surface area contributed by atoms with Gasteiger partial charge in [-0.3, -0.25) is 4.98 Å². The maximum Gasteiger partial charge on any atom is 0.490 e. The number of nitrogens with one attached hydrogen (secondary N) is 2. The van der Waals surface area contributed by atoms with Crippen molar-refractivity contribution in [2.45, 2.75) is 45.3 Å². The largest absolute Gasteiger partial charge is 0.490 e. The Hall–Kier alpha value is -4.30. The van der Waals surface area contributed by atoms with Crippen LogP contribution in [0.4, 0.5) is 50.0 Å². The Kier molecular flexibility index (Phi) is 10.0. The van der Waals surface area contributed by atoms with Crippen molar-refractivity contribution in [1.29, 1.82) is 0 Å². The molecular formula is C26H22F9N3O3. The zero-order valence-electron chi connectivity index (χ0n) is 21.4. The molecule has 2 amide bonds. The highest BCUT2D eigenvalue weighted by Crippen LogP contribution is 2.36. The van der Waals surface area contributed by atoms with E-state index in [4.69, 9.17) is 9.90 Å². The fourth-order valence-corrected chi connectivity index (χ4v) is 3.72. The van der Waals surface area contributed by atoms with Crippen LogP contribution in [-0.4, -0.2) is 28.3 Å². The molecule has 0 unspecified atom stereocenters. The molecule has 41 heavy (non-hydrogen) atoms. The summed E-state index contributed by atoms with van der Waals surface area (Å²) in [6.07, 6.45) is -13.4. The van der Waals surface area contributed by atoms with Gasteiger partial charge in [-0.15, -0.1) is 0 Å². The maximum absolute atomic E-state index is 13.7. The number of urea groups is 1. The van der Waals surface area contributed by atoms with Gasteiger partial charge in [-0.1, -0.05) is 29.8 Å². The normalized spacial score (nSPS) is 12.6. The Bertz CT molecular complexity index is 1360. The van der Waals surface area contributed by atoms with Gasteiger partial charge in [-0.2, -0.15) is 39.5 Å². The first-order valence-electron chi connectivity index (χ1n) is 11.4. The topological polar surface area (TPSA) is 91.3 Å². The van der Waals surface area contributed by atoms with Crippen LogP contribution in [-0.2, 0) is 17.1 Å². The lowest BCUT2D eigenvalue weighted by Gasteiger charge is -2.23. The summed E-state index contributed by atoms with van der Waals surface area (Å²) in [5.41, 5.74) is 0.315. The number of hydrogen-bond donors (Lipinski definition) is 3. The molecule has 0 spiro atoms.